The molecule has 124 valence electrons. The van der Waals surface area contributed by atoms with Gasteiger partial charge in [0.05, 0.1) is 16.8 Å². The summed E-state index contributed by atoms with van der Waals surface area (Å²) in [5, 5.41) is 3.81. The normalized spacial score (nSPS) is 10.9. The van der Waals surface area contributed by atoms with Crippen molar-refractivity contribution >= 4 is 46.2 Å². The van der Waals surface area contributed by atoms with Gasteiger partial charge in [-0.25, -0.2) is 4.98 Å². The van der Waals surface area contributed by atoms with Crippen LogP contribution in [0.1, 0.15) is 6.92 Å². The summed E-state index contributed by atoms with van der Waals surface area (Å²) in [6.07, 6.45) is 2.03. The van der Waals surface area contributed by atoms with E-state index in [1.54, 1.807) is 11.8 Å². The molecule has 1 amide bonds. The predicted molar refractivity (Wildman–Crippen MR) is 103 cm³/mol. The number of carbonyl (C=O) groups excluding carboxylic acids is 1. The summed E-state index contributed by atoms with van der Waals surface area (Å²) in [6.45, 7) is 2.92. The largest absolute Gasteiger partial charge is 0.325 e. The molecule has 0 spiro atoms. The van der Waals surface area contributed by atoms with Crippen molar-refractivity contribution in [2.24, 2.45) is 0 Å². The first-order valence-corrected chi connectivity index (χ1v) is 9.94. The minimum absolute atomic E-state index is 0.0217. The van der Waals surface area contributed by atoms with E-state index in [2.05, 4.69) is 27.9 Å². The van der Waals surface area contributed by atoms with Crippen molar-refractivity contribution in [1.82, 2.24) is 9.55 Å². The molecule has 6 heteroatoms. The highest BCUT2D eigenvalue weighted by molar-refractivity contribution is 7.99. The first kappa shape index (κ1) is 16.9. The summed E-state index contributed by atoms with van der Waals surface area (Å²) in [5.41, 5.74) is 2.90. The number of aromatic nitrogens is 2. The monoisotopic (exact) mass is 357 g/mol. The van der Waals surface area contributed by atoms with Crippen molar-refractivity contribution < 1.29 is 4.79 Å². The number of nitrogens with one attached hydrogen (secondary N) is 1. The summed E-state index contributed by atoms with van der Waals surface area (Å²) in [6, 6.07) is 15.9. The number of fused-ring (bicyclic) bond motifs is 1. The number of carbonyl (C=O) groups is 1. The summed E-state index contributed by atoms with van der Waals surface area (Å²) in [7, 11) is 0. The van der Waals surface area contributed by atoms with E-state index in [-0.39, 0.29) is 5.91 Å². The fourth-order valence-corrected chi connectivity index (χ4v) is 3.76. The van der Waals surface area contributed by atoms with Crippen LogP contribution in [0.3, 0.4) is 0 Å². The maximum absolute atomic E-state index is 12.2. The van der Waals surface area contributed by atoms with Crippen molar-refractivity contribution in [2.45, 2.75) is 23.5 Å². The molecule has 1 N–H and O–H groups in total. The maximum atomic E-state index is 12.2. The van der Waals surface area contributed by atoms with Gasteiger partial charge in [-0.2, -0.15) is 0 Å². The third-order valence-corrected chi connectivity index (χ3v) is 5.36. The van der Waals surface area contributed by atoms with Crippen LogP contribution in [0, 0.1) is 0 Å². The summed E-state index contributed by atoms with van der Waals surface area (Å²) in [5.74, 6) is 0.319. The minimum atomic E-state index is -0.0217. The van der Waals surface area contributed by atoms with Gasteiger partial charge in [-0.1, -0.05) is 23.9 Å². The van der Waals surface area contributed by atoms with Crippen LogP contribution in [0.15, 0.2) is 58.6 Å². The number of aryl methyl sites for hydroxylation is 1. The molecule has 1 heterocycles. The van der Waals surface area contributed by atoms with Crippen molar-refractivity contribution in [2.75, 3.05) is 17.3 Å². The molecule has 0 saturated carbocycles. The summed E-state index contributed by atoms with van der Waals surface area (Å²) >= 11 is 3.15. The summed E-state index contributed by atoms with van der Waals surface area (Å²) in [4.78, 5) is 18.0. The zero-order valence-corrected chi connectivity index (χ0v) is 15.3. The first-order chi connectivity index (χ1) is 11.7. The Bertz CT molecular complexity index is 843. The lowest BCUT2D eigenvalue weighted by molar-refractivity contribution is -0.113. The number of nitrogens with zero attached hydrogens (tertiary/aromatic N) is 2. The molecule has 0 aliphatic heterocycles. The molecular formula is C18H19N3OS2. The number of thioether (sulfide) groups is 2. The molecule has 0 radical (unpaired) electrons. The van der Waals surface area contributed by atoms with E-state index in [1.807, 2.05) is 48.7 Å². The van der Waals surface area contributed by atoms with Crippen molar-refractivity contribution in [3.8, 4) is 0 Å². The lowest BCUT2D eigenvalue weighted by atomic mass is 10.3. The van der Waals surface area contributed by atoms with Gasteiger partial charge < -0.3 is 9.88 Å². The van der Waals surface area contributed by atoms with Crippen LogP contribution in [0.4, 0.5) is 5.69 Å². The molecule has 2 aromatic carbocycles. The molecule has 0 aliphatic carbocycles. The van der Waals surface area contributed by atoms with Gasteiger partial charge in [-0.15, -0.1) is 11.8 Å². The smallest absolute Gasteiger partial charge is 0.234 e. The third kappa shape index (κ3) is 3.76. The van der Waals surface area contributed by atoms with E-state index in [0.29, 0.717) is 5.75 Å². The van der Waals surface area contributed by atoms with E-state index < -0.39 is 0 Å². The van der Waals surface area contributed by atoms with Crippen LogP contribution in [-0.4, -0.2) is 27.5 Å². The molecule has 24 heavy (non-hydrogen) atoms. The average molecular weight is 358 g/mol. The van der Waals surface area contributed by atoms with Gasteiger partial charge in [0.15, 0.2) is 5.16 Å². The lowest BCUT2D eigenvalue weighted by Gasteiger charge is -2.07. The number of amides is 1. The standard InChI is InChI=1S/C18H19N3OS2/c1-3-21-16-7-5-4-6-15(16)20-18(21)24-12-17(22)19-13-8-10-14(23-2)11-9-13/h4-11H,3,12H2,1-2H3,(H,19,22). The summed E-state index contributed by atoms with van der Waals surface area (Å²) < 4.78 is 2.14. The van der Waals surface area contributed by atoms with Crippen molar-refractivity contribution in [3.63, 3.8) is 0 Å². The quantitative estimate of drug-likeness (QED) is 0.660. The number of rotatable bonds is 6. The van der Waals surface area contributed by atoms with E-state index in [9.17, 15) is 4.79 Å². The fraction of sp³-hybridized carbons (Fsp3) is 0.222. The Kier molecular flexibility index (Phi) is 5.48. The molecule has 4 nitrogen and oxygen atoms in total. The fourth-order valence-electron chi connectivity index (χ4n) is 2.47. The molecule has 0 unspecified atom stereocenters. The Labute approximate surface area is 150 Å². The van der Waals surface area contributed by atoms with Crippen molar-refractivity contribution in [1.29, 1.82) is 0 Å². The van der Waals surface area contributed by atoms with Gasteiger partial charge >= 0.3 is 0 Å². The second-order valence-corrected chi connectivity index (χ2v) is 7.01. The molecule has 1 aromatic heterocycles. The van der Waals surface area contributed by atoms with Crippen LogP contribution >= 0.6 is 23.5 Å². The Hall–Kier alpha value is -1.92. The van der Waals surface area contributed by atoms with Crippen LogP contribution in [0.5, 0.6) is 0 Å². The highest BCUT2D eigenvalue weighted by Gasteiger charge is 2.11. The van der Waals surface area contributed by atoms with Gasteiger partial charge in [0, 0.05) is 17.1 Å². The molecule has 0 atom stereocenters. The number of hydrogen-bond donors (Lipinski definition) is 1. The van der Waals surface area contributed by atoms with Crippen LogP contribution in [0.25, 0.3) is 11.0 Å². The molecule has 0 aliphatic rings. The SMILES string of the molecule is CCn1c(SCC(=O)Nc2ccc(SC)cc2)nc2ccccc21. The molecular weight excluding hydrogens is 338 g/mol. The van der Waals surface area contributed by atoms with Crippen LogP contribution in [0.2, 0.25) is 0 Å². The molecule has 0 saturated heterocycles. The third-order valence-electron chi connectivity index (χ3n) is 3.64. The van der Waals surface area contributed by atoms with Gasteiger partial charge in [-0.3, -0.25) is 4.79 Å². The number of hydrogen-bond acceptors (Lipinski definition) is 4. The van der Waals surface area contributed by atoms with Crippen LogP contribution < -0.4 is 5.32 Å². The maximum Gasteiger partial charge on any atom is 0.234 e. The number of benzene rings is 2. The van der Waals surface area contributed by atoms with Gasteiger partial charge in [0.2, 0.25) is 5.91 Å². The Balaban J connectivity index is 1.65. The number of para-hydroxylation sites is 2. The topological polar surface area (TPSA) is 46.9 Å². The highest BCUT2D eigenvalue weighted by Crippen LogP contribution is 2.24. The minimum Gasteiger partial charge on any atom is -0.325 e. The van der Waals surface area contributed by atoms with Gasteiger partial charge in [-0.05, 0) is 49.6 Å². The molecule has 3 rings (SSSR count). The molecule has 0 bridgehead atoms. The highest BCUT2D eigenvalue weighted by atomic mass is 32.2. The van der Waals surface area contributed by atoms with E-state index in [0.717, 1.165) is 28.4 Å². The Morgan fingerprint density at radius 2 is 1.92 bits per heavy atom. The van der Waals surface area contributed by atoms with Crippen LogP contribution in [-0.2, 0) is 11.3 Å². The van der Waals surface area contributed by atoms with Gasteiger partial charge in [0.1, 0.15) is 0 Å². The second kappa shape index (κ2) is 7.77. The van der Waals surface area contributed by atoms with Gasteiger partial charge in [0.25, 0.3) is 0 Å². The zero-order valence-electron chi connectivity index (χ0n) is 13.7. The number of anilines is 1. The second-order valence-electron chi connectivity index (χ2n) is 5.19. The lowest BCUT2D eigenvalue weighted by Crippen LogP contribution is -2.14. The first-order valence-electron chi connectivity index (χ1n) is 7.73. The zero-order chi connectivity index (χ0) is 16.9. The average Bonchev–Trinajstić information content (AvgIpc) is 2.98. The predicted octanol–water partition coefficient (Wildman–Crippen LogP) is 4.51. The molecule has 3 aromatic rings. The van der Waals surface area contributed by atoms with E-state index in [1.165, 1.54) is 16.7 Å². The van der Waals surface area contributed by atoms with E-state index in [4.69, 9.17) is 0 Å². The molecule has 0 fully saturated rings. The number of imidazole rings is 1. The van der Waals surface area contributed by atoms with Crippen molar-refractivity contribution in [3.05, 3.63) is 48.5 Å². The Morgan fingerprint density at radius 1 is 1.17 bits per heavy atom. The Morgan fingerprint density at radius 3 is 2.62 bits per heavy atom. The van der Waals surface area contributed by atoms with E-state index >= 15 is 0 Å².